The highest BCUT2D eigenvalue weighted by Crippen LogP contribution is 2.44. The summed E-state index contributed by atoms with van der Waals surface area (Å²) in [6.07, 6.45) is -0.635. The monoisotopic (exact) mass is 450 g/mol. The number of halogens is 4. The Morgan fingerprint density at radius 2 is 1.92 bits per heavy atom. The van der Waals surface area contributed by atoms with Crippen molar-refractivity contribution in [1.82, 2.24) is 0 Å². The highest BCUT2D eigenvalue weighted by Gasteiger charge is 2.21. The van der Waals surface area contributed by atoms with Gasteiger partial charge in [-0.25, -0.2) is 4.39 Å². The van der Waals surface area contributed by atoms with Gasteiger partial charge in [0, 0.05) is 23.4 Å². The fraction of sp³-hybridized carbons (Fsp3) is 0.235. The maximum atomic E-state index is 14.1. The molecular formula is C17H14BrCl2FO4. The van der Waals surface area contributed by atoms with Gasteiger partial charge in [0.15, 0.2) is 17.3 Å². The minimum Gasteiger partial charge on any atom is -0.504 e. The molecule has 0 aliphatic carbocycles. The van der Waals surface area contributed by atoms with Crippen LogP contribution in [0, 0.1) is 5.82 Å². The average molecular weight is 452 g/mol. The molecule has 0 aliphatic rings. The summed E-state index contributed by atoms with van der Waals surface area (Å²) in [5.74, 6) is -2.06. The zero-order valence-electron chi connectivity index (χ0n) is 13.1. The molecule has 4 nitrogen and oxygen atoms in total. The maximum Gasteiger partial charge on any atom is 0.303 e. The Kier molecular flexibility index (Phi) is 6.93. The summed E-state index contributed by atoms with van der Waals surface area (Å²) >= 11 is 15.5. The molecule has 2 aromatic rings. The molecule has 0 amide bonds. The number of carbonyl (C=O) groups is 1. The lowest BCUT2D eigenvalue weighted by Crippen LogP contribution is -2.25. The Morgan fingerprint density at radius 1 is 1.28 bits per heavy atom. The molecule has 0 fully saturated rings. The lowest BCUT2D eigenvalue weighted by molar-refractivity contribution is -0.146. The Hall–Kier alpha value is -1.50. The number of rotatable bonds is 6. The molecule has 2 aromatic carbocycles. The minimum absolute atomic E-state index is 0.144. The first kappa shape index (κ1) is 19.8. The van der Waals surface area contributed by atoms with Crippen molar-refractivity contribution in [2.45, 2.75) is 13.0 Å². The van der Waals surface area contributed by atoms with E-state index in [1.54, 1.807) is 18.2 Å². The van der Waals surface area contributed by atoms with Gasteiger partial charge < -0.3 is 14.6 Å². The third-order valence-corrected chi connectivity index (χ3v) is 4.59. The van der Waals surface area contributed by atoms with E-state index in [1.807, 2.05) is 0 Å². The van der Waals surface area contributed by atoms with Gasteiger partial charge in [0.1, 0.15) is 12.7 Å². The Labute approximate surface area is 162 Å². The summed E-state index contributed by atoms with van der Waals surface area (Å²) in [6.45, 7) is 1.11. The van der Waals surface area contributed by atoms with Gasteiger partial charge >= 0.3 is 5.97 Å². The maximum absolute atomic E-state index is 14.1. The summed E-state index contributed by atoms with van der Waals surface area (Å²) in [6, 6.07) is 7.37. The number of hydrogen-bond acceptors (Lipinski definition) is 4. The lowest BCUT2D eigenvalue weighted by atomic mass is 10.0. The number of aromatic hydroxyl groups is 1. The molecule has 0 radical (unpaired) electrons. The van der Waals surface area contributed by atoms with Gasteiger partial charge in [-0.3, -0.25) is 4.79 Å². The second-order valence-electron chi connectivity index (χ2n) is 5.07. The number of alkyl halides is 1. The molecule has 2 rings (SSSR count). The molecule has 0 heterocycles. The van der Waals surface area contributed by atoms with Gasteiger partial charge in [0.05, 0.1) is 10.0 Å². The molecule has 0 spiro atoms. The molecule has 0 aliphatic heterocycles. The molecule has 0 unspecified atom stereocenters. The van der Waals surface area contributed by atoms with E-state index in [4.69, 9.17) is 32.7 Å². The minimum atomic E-state index is -0.763. The van der Waals surface area contributed by atoms with Crippen LogP contribution >= 0.6 is 39.1 Å². The SMILES string of the molecule is CC(=O)O[C@H](CBr)COc1c(F)ccc(-c2c(Cl)cccc2Cl)c1O. The molecule has 134 valence electrons. The van der Waals surface area contributed by atoms with E-state index in [9.17, 15) is 14.3 Å². The van der Waals surface area contributed by atoms with Crippen molar-refractivity contribution in [2.75, 3.05) is 11.9 Å². The quantitative estimate of drug-likeness (QED) is 0.483. The van der Waals surface area contributed by atoms with Crippen LogP contribution in [0.1, 0.15) is 6.92 Å². The summed E-state index contributed by atoms with van der Waals surface area (Å²) < 4.78 is 24.4. The van der Waals surface area contributed by atoms with Gasteiger partial charge in [-0.15, -0.1) is 0 Å². The molecule has 8 heteroatoms. The molecule has 1 atom stereocenters. The van der Waals surface area contributed by atoms with Gasteiger partial charge in [0.25, 0.3) is 0 Å². The van der Waals surface area contributed by atoms with Crippen LogP contribution in [0.25, 0.3) is 11.1 Å². The highest BCUT2D eigenvalue weighted by atomic mass is 79.9. The molecule has 0 saturated carbocycles. The number of benzene rings is 2. The second-order valence-corrected chi connectivity index (χ2v) is 6.53. The smallest absolute Gasteiger partial charge is 0.303 e. The van der Waals surface area contributed by atoms with Crippen molar-refractivity contribution in [1.29, 1.82) is 0 Å². The number of phenolic OH excluding ortho intramolecular Hbond substituents is 1. The molecule has 1 N–H and O–H groups in total. The normalized spacial score (nSPS) is 11.9. The zero-order valence-corrected chi connectivity index (χ0v) is 16.2. The van der Waals surface area contributed by atoms with Gasteiger partial charge in [-0.05, 0) is 24.3 Å². The van der Waals surface area contributed by atoms with Crippen LogP contribution in [-0.2, 0) is 9.53 Å². The van der Waals surface area contributed by atoms with Crippen LogP contribution in [0.2, 0.25) is 10.0 Å². The standard InChI is InChI=1S/C17H14BrCl2FO4/c1-9(22)25-10(7-18)8-24-17-14(21)6-5-11(16(17)23)15-12(19)3-2-4-13(15)20/h2-6,10,23H,7-8H2,1H3/t10-/m1/s1. The van der Waals surface area contributed by atoms with Crippen LogP contribution in [0.4, 0.5) is 4.39 Å². The van der Waals surface area contributed by atoms with Crippen LogP contribution in [0.5, 0.6) is 11.5 Å². The molecule has 0 bridgehead atoms. The fourth-order valence-electron chi connectivity index (χ4n) is 2.16. The molecule has 0 aromatic heterocycles. The third-order valence-electron chi connectivity index (χ3n) is 3.23. The Balaban J connectivity index is 2.36. The van der Waals surface area contributed by atoms with Gasteiger partial charge in [0.2, 0.25) is 0 Å². The van der Waals surface area contributed by atoms with Crippen molar-refractivity contribution in [3.63, 3.8) is 0 Å². The van der Waals surface area contributed by atoms with Crippen molar-refractivity contribution in [3.8, 4) is 22.6 Å². The average Bonchev–Trinajstić information content (AvgIpc) is 2.54. The third kappa shape index (κ3) is 4.77. The van der Waals surface area contributed by atoms with E-state index < -0.39 is 23.6 Å². The van der Waals surface area contributed by atoms with Gasteiger partial charge in [-0.2, -0.15) is 0 Å². The highest BCUT2D eigenvalue weighted by molar-refractivity contribution is 9.09. The predicted octanol–water partition coefficient (Wildman–Crippen LogP) is 5.21. The van der Waals surface area contributed by atoms with Crippen molar-refractivity contribution in [3.05, 3.63) is 46.2 Å². The van der Waals surface area contributed by atoms with Crippen LogP contribution in [0.15, 0.2) is 30.3 Å². The number of esters is 1. The first-order chi connectivity index (χ1) is 11.8. The number of carbonyl (C=O) groups excluding carboxylic acids is 1. The Morgan fingerprint density at radius 3 is 2.48 bits per heavy atom. The van der Waals surface area contributed by atoms with Crippen molar-refractivity contribution >= 4 is 45.1 Å². The van der Waals surface area contributed by atoms with E-state index in [0.717, 1.165) is 6.07 Å². The summed E-state index contributed by atoms with van der Waals surface area (Å²) in [7, 11) is 0. The lowest BCUT2D eigenvalue weighted by Gasteiger charge is -2.18. The summed E-state index contributed by atoms with van der Waals surface area (Å²) in [5, 5.41) is 11.3. The number of hydrogen-bond donors (Lipinski definition) is 1. The molecular weight excluding hydrogens is 438 g/mol. The first-order valence-corrected chi connectivity index (χ1v) is 9.04. The predicted molar refractivity (Wildman–Crippen MR) is 98.4 cm³/mol. The van der Waals surface area contributed by atoms with E-state index in [-0.39, 0.29) is 17.9 Å². The summed E-state index contributed by atoms with van der Waals surface area (Å²) in [4.78, 5) is 11.0. The van der Waals surface area contributed by atoms with Crippen LogP contribution in [-0.4, -0.2) is 29.1 Å². The first-order valence-electron chi connectivity index (χ1n) is 7.17. The topological polar surface area (TPSA) is 55.8 Å². The van der Waals surface area contributed by atoms with E-state index in [2.05, 4.69) is 15.9 Å². The number of ether oxygens (including phenoxy) is 2. The van der Waals surface area contributed by atoms with E-state index in [1.165, 1.54) is 13.0 Å². The Bertz CT molecular complexity index is 765. The van der Waals surface area contributed by atoms with Gasteiger partial charge in [-0.1, -0.05) is 45.2 Å². The molecule has 0 saturated heterocycles. The van der Waals surface area contributed by atoms with E-state index >= 15 is 0 Å². The largest absolute Gasteiger partial charge is 0.504 e. The zero-order chi connectivity index (χ0) is 18.6. The molecule has 25 heavy (non-hydrogen) atoms. The van der Waals surface area contributed by atoms with Crippen LogP contribution in [0.3, 0.4) is 0 Å². The van der Waals surface area contributed by atoms with Crippen molar-refractivity contribution in [2.24, 2.45) is 0 Å². The van der Waals surface area contributed by atoms with E-state index in [0.29, 0.717) is 20.9 Å². The van der Waals surface area contributed by atoms with Crippen molar-refractivity contribution < 1.29 is 23.8 Å². The second kappa shape index (κ2) is 8.74. The summed E-state index contributed by atoms with van der Waals surface area (Å²) in [5.41, 5.74) is 0.597. The fourth-order valence-corrected chi connectivity index (χ4v) is 3.08. The van der Waals surface area contributed by atoms with Crippen LogP contribution < -0.4 is 4.74 Å². The number of phenols is 1.